The van der Waals surface area contributed by atoms with E-state index < -0.39 is 26.7 Å². The van der Waals surface area contributed by atoms with Crippen LogP contribution in [0.2, 0.25) is 0 Å². The zero-order valence-electron chi connectivity index (χ0n) is 15.4. The molecule has 3 aromatic rings. The van der Waals surface area contributed by atoms with Gasteiger partial charge in [-0.25, -0.2) is 17.2 Å². The van der Waals surface area contributed by atoms with E-state index in [1.807, 2.05) is 0 Å². The van der Waals surface area contributed by atoms with E-state index in [2.05, 4.69) is 5.32 Å². The third kappa shape index (κ3) is 5.26. The van der Waals surface area contributed by atoms with Gasteiger partial charge in [0.2, 0.25) is 5.91 Å². The third-order valence-corrected chi connectivity index (χ3v) is 6.57. The van der Waals surface area contributed by atoms with Gasteiger partial charge in [-0.1, -0.05) is 42.5 Å². The van der Waals surface area contributed by atoms with Gasteiger partial charge in [-0.05, 0) is 47.5 Å². The Labute approximate surface area is 168 Å². The van der Waals surface area contributed by atoms with E-state index in [1.165, 1.54) is 36.4 Å². The molecule has 0 aliphatic rings. The maximum atomic E-state index is 13.2. The van der Waals surface area contributed by atoms with Crippen LogP contribution in [0.3, 0.4) is 0 Å². The Morgan fingerprint density at radius 1 is 0.828 bits per heavy atom. The van der Waals surface area contributed by atoms with E-state index in [-0.39, 0.29) is 23.8 Å². The molecule has 0 saturated heterocycles. The van der Waals surface area contributed by atoms with E-state index in [4.69, 9.17) is 0 Å². The first kappa shape index (κ1) is 20.7. The summed E-state index contributed by atoms with van der Waals surface area (Å²) >= 11 is 0. The second kappa shape index (κ2) is 8.96. The van der Waals surface area contributed by atoms with Crippen molar-refractivity contribution in [1.82, 2.24) is 5.32 Å². The van der Waals surface area contributed by atoms with Crippen LogP contribution in [0.5, 0.6) is 0 Å². The molecule has 1 unspecified atom stereocenters. The first-order valence-corrected chi connectivity index (χ1v) is 10.5. The number of carbonyl (C=O) groups is 1. The first-order valence-electron chi connectivity index (χ1n) is 8.92. The Balaban J connectivity index is 1.80. The lowest BCUT2D eigenvalue weighted by molar-refractivity contribution is -0.120. The van der Waals surface area contributed by atoms with Gasteiger partial charge in [-0.2, -0.15) is 0 Å². The van der Waals surface area contributed by atoms with Crippen LogP contribution in [0.25, 0.3) is 0 Å². The van der Waals surface area contributed by atoms with Gasteiger partial charge in [-0.3, -0.25) is 4.79 Å². The van der Waals surface area contributed by atoms with Crippen molar-refractivity contribution < 1.29 is 22.0 Å². The maximum Gasteiger partial charge on any atom is 0.224 e. The topological polar surface area (TPSA) is 63.2 Å². The average Bonchev–Trinajstić information content (AvgIpc) is 2.71. The summed E-state index contributed by atoms with van der Waals surface area (Å²) in [4.78, 5) is 12.3. The Morgan fingerprint density at radius 2 is 1.38 bits per heavy atom. The number of hydrogen-bond acceptors (Lipinski definition) is 3. The molecule has 1 atom stereocenters. The molecule has 150 valence electrons. The number of amides is 1. The highest BCUT2D eigenvalue weighted by Gasteiger charge is 2.29. The largest absolute Gasteiger partial charge is 0.354 e. The van der Waals surface area contributed by atoms with Crippen LogP contribution in [0, 0.1) is 11.6 Å². The van der Waals surface area contributed by atoms with Crippen molar-refractivity contribution in [2.45, 2.75) is 16.6 Å². The van der Waals surface area contributed by atoms with Crippen molar-refractivity contribution >= 4 is 15.7 Å². The Hall–Kier alpha value is -3.06. The van der Waals surface area contributed by atoms with Crippen LogP contribution in [0.4, 0.5) is 8.78 Å². The van der Waals surface area contributed by atoms with Crippen molar-refractivity contribution in [3.05, 3.63) is 102 Å². The molecule has 0 fully saturated rings. The molecule has 0 radical (unpaired) electrons. The molecule has 0 bridgehead atoms. The highest BCUT2D eigenvalue weighted by Crippen LogP contribution is 2.28. The van der Waals surface area contributed by atoms with Crippen LogP contribution in [-0.2, 0) is 21.1 Å². The molecule has 7 heteroatoms. The number of rotatable bonds is 7. The molecule has 3 rings (SSSR count). The molecule has 0 spiro atoms. The van der Waals surface area contributed by atoms with E-state index in [0.29, 0.717) is 11.1 Å². The quantitative estimate of drug-likeness (QED) is 0.597. The summed E-state index contributed by atoms with van der Waals surface area (Å²) in [6.45, 7) is -0.149. The van der Waals surface area contributed by atoms with Gasteiger partial charge in [-0.15, -0.1) is 0 Å². The minimum absolute atomic E-state index is 0.00160. The fourth-order valence-corrected chi connectivity index (χ4v) is 4.58. The highest BCUT2D eigenvalue weighted by atomic mass is 32.2. The van der Waals surface area contributed by atoms with Crippen molar-refractivity contribution in [3.8, 4) is 0 Å². The van der Waals surface area contributed by atoms with E-state index in [1.54, 1.807) is 30.3 Å². The molecular formula is C22H19F2NO3S. The van der Waals surface area contributed by atoms with Crippen LogP contribution in [-0.4, -0.2) is 20.9 Å². The minimum Gasteiger partial charge on any atom is -0.354 e. The predicted molar refractivity (Wildman–Crippen MR) is 106 cm³/mol. The summed E-state index contributed by atoms with van der Waals surface area (Å²) in [6, 6.07) is 18.6. The molecule has 3 aromatic carbocycles. The average molecular weight is 415 g/mol. The maximum absolute atomic E-state index is 13.2. The molecule has 0 saturated carbocycles. The Morgan fingerprint density at radius 3 is 1.97 bits per heavy atom. The summed E-state index contributed by atoms with van der Waals surface area (Å²) in [7, 11) is -3.88. The zero-order valence-corrected chi connectivity index (χ0v) is 16.2. The van der Waals surface area contributed by atoms with E-state index >= 15 is 0 Å². The van der Waals surface area contributed by atoms with Gasteiger partial charge in [0.15, 0.2) is 9.84 Å². The lowest BCUT2D eigenvalue weighted by Gasteiger charge is -2.19. The predicted octanol–water partition coefficient (Wildman–Crippen LogP) is 3.84. The zero-order chi connectivity index (χ0) is 20.9. The summed E-state index contributed by atoms with van der Waals surface area (Å²) in [5, 5.41) is 1.61. The molecule has 0 heterocycles. The third-order valence-electron chi connectivity index (χ3n) is 4.45. The van der Waals surface area contributed by atoms with E-state index in [9.17, 15) is 22.0 Å². The van der Waals surface area contributed by atoms with Crippen LogP contribution < -0.4 is 5.32 Å². The monoisotopic (exact) mass is 415 g/mol. The smallest absolute Gasteiger partial charge is 0.224 e. The normalized spacial score (nSPS) is 12.3. The molecule has 1 N–H and O–H groups in total. The number of carbonyl (C=O) groups excluding carboxylic acids is 1. The SMILES string of the molecule is O=C(Cc1ccc(F)cc1)NCC(c1ccccc1)S(=O)(=O)c1ccc(F)cc1. The lowest BCUT2D eigenvalue weighted by atomic mass is 10.1. The lowest BCUT2D eigenvalue weighted by Crippen LogP contribution is -2.32. The van der Waals surface area contributed by atoms with Gasteiger partial charge in [0, 0.05) is 6.54 Å². The van der Waals surface area contributed by atoms with Gasteiger partial charge in [0.05, 0.1) is 11.3 Å². The molecular weight excluding hydrogens is 396 g/mol. The fourth-order valence-electron chi connectivity index (χ4n) is 2.92. The van der Waals surface area contributed by atoms with Gasteiger partial charge < -0.3 is 5.32 Å². The summed E-state index contributed by atoms with van der Waals surface area (Å²) in [5.74, 6) is -1.32. The summed E-state index contributed by atoms with van der Waals surface area (Å²) in [5.41, 5.74) is 1.13. The van der Waals surface area contributed by atoms with Crippen LogP contribution in [0.15, 0.2) is 83.8 Å². The minimum atomic E-state index is -3.88. The summed E-state index contributed by atoms with van der Waals surface area (Å²) in [6.07, 6.45) is -0.00160. The standard InChI is InChI=1S/C22H19F2NO3S/c23-18-8-6-16(7-9-18)14-22(26)25-15-21(17-4-2-1-3-5-17)29(27,28)20-12-10-19(24)11-13-20/h1-13,21H,14-15H2,(H,25,26). The molecule has 0 aliphatic heterocycles. The number of nitrogens with one attached hydrogen (secondary N) is 1. The van der Waals surface area contributed by atoms with Crippen LogP contribution in [0.1, 0.15) is 16.4 Å². The second-order valence-electron chi connectivity index (χ2n) is 6.51. The van der Waals surface area contributed by atoms with Gasteiger partial charge in [0.25, 0.3) is 0 Å². The number of hydrogen-bond donors (Lipinski definition) is 1. The van der Waals surface area contributed by atoms with Gasteiger partial charge in [0.1, 0.15) is 16.9 Å². The first-order chi connectivity index (χ1) is 13.9. The Kier molecular flexibility index (Phi) is 6.39. The molecule has 1 amide bonds. The van der Waals surface area contributed by atoms with Crippen molar-refractivity contribution in [2.24, 2.45) is 0 Å². The van der Waals surface area contributed by atoms with Crippen molar-refractivity contribution in [1.29, 1.82) is 0 Å². The van der Waals surface area contributed by atoms with Crippen molar-refractivity contribution in [2.75, 3.05) is 6.54 Å². The van der Waals surface area contributed by atoms with Crippen LogP contribution >= 0.6 is 0 Å². The van der Waals surface area contributed by atoms with Gasteiger partial charge >= 0.3 is 0 Å². The number of benzene rings is 3. The number of halogens is 2. The van der Waals surface area contributed by atoms with E-state index in [0.717, 1.165) is 12.1 Å². The molecule has 0 aromatic heterocycles. The second-order valence-corrected chi connectivity index (χ2v) is 8.64. The summed E-state index contributed by atoms with van der Waals surface area (Å²) < 4.78 is 52.5. The molecule has 0 aliphatic carbocycles. The number of sulfone groups is 1. The Bertz CT molecular complexity index is 1070. The fraction of sp³-hybridized carbons (Fsp3) is 0.136. The molecule has 4 nitrogen and oxygen atoms in total. The molecule has 29 heavy (non-hydrogen) atoms. The van der Waals surface area contributed by atoms with Crippen molar-refractivity contribution in [3.63, 3.8) is 0 Å². The highest BCUT2D eigenvalue weighted by molar-refractivity contribution is 7.91.